The van der Waals surface area contributed by atoms with Crippen LogP contribution in [0.5, 0.6) is 0 Å². The molecule has 2 unspecified atom stereocenters. The predicted octanol–water partition coefficient (Wildman–Crippen LogP) is 1.55. The van der Waals surface area contributed by atoms with Gasteiger partial charge in [-0.1, -0.05) is 19.9 Å². The molecule has 5 heteroatoms. The molecule has 0 radical (unpaired) electrons. The SMILES string of the molecule is CCOC1CC(N)(C(=O)Nc2ccccn2)C1(C)C. The summed E-state index contributed by atoms with van der Waals surface area (Å²) in [6.45, 7) is 6.51. The molecule has 0 aliphatic heterocycles. The maximum absolute atomic E-state index is 12.4. The van der Waals surface area contributed by atoms with E-state index in [1.807, 2.05) is 26.8 Å². The number of nitrogens with one attached hydrogen (secondary N) is 1. The number of pyridine rings is 1. The molecule has 1 aliphatic carbocycles. The molecule has 1 fully saturated rings. The zero-order valence-corrected chi connectivity index (χ0v) is 11.6. The van der Waals surface area contributed by atoms with E-state index < -0.39 is 5.54 Å². The highest BCUT2D eigenvalue weighted by Crippen LogP contribution is 2.50. The number of ether oxygens (including phenoxy) is 1. The number of anilines is 1. The molecule has 0 spiro atoms. The van der Waals surface area contributed by atoms with Crippen molar-refractivity contribution in [2.24, 2.45) is 11.1 Å². The fraction of sp³-hybridized carbons (Fsp3) is 0.571. The number of hydrogen-bond acceptors (Lipinski definition) is 4. The van der Waals surface area contributed by atoms with Gasteiger partial charge in [0.1, 0.15) is 11.4 Å². The first kappa shape index (κ1) is 14.0. The molecule has 104 valence electrons. The van der Waals surface area contributed by atoms with Crippen LogP contribution in [0.1, 0.15) is 27.2 Å². The summed E-state index contributed by atoms with van der Waals surface area (Å²) in [5.41, 5.74) is 4.97. The van der Waals surface area contributed by atoms with Gasteiger partial charge in [-0.25, -0.2) is 4.98 Å². The van der Waals surface area contributed by atoms with E-state index in [4.69, 9.17) is 10.5 Å². The summed E-state index contributed by atoms with van der Waals surface area (Å²) in [4.78, 5) is 16.4. The van der Waals surface area contributed by atoms with Crippen molar-refractivity contribution >= 4 is 11.7 Å². The molecule has 3 N–H and O–H groups in total. The molecule has 5 nitrogen and oxygen atoms in total. The molecule has 1 saturated carbocycles. The highest BCUT2D eigenvalue weighted by Gasteiger charge is 2.62. The van der Waals surface area contributed by atoms with Crippen LogP contribution in [0.4, 0.5) is 5.82 Å². The van der Waals surface area contributed by atoms with Crippen molar-refractivity contribution in [3.63, 3.8) is 0 Å². The first-order chi connectivity index (χ1) is 8.91. The van der Waals surface area contributed by atoms with Crippen LogP contribution >= 0.6 is 0 Å². The van der Waals surface area contributed by atoms with Gasteiger partial charge >= 0.3 is 0 Å². The van der Waals surface area contributed by atoms with Crippen LogP contribution in [0, 0.1) is 5.41 Å². The summed E-state index contributed by atoms with van der Waals surface area (Å²) in [5, 5.41) is 2.77. The average molecular weight is 263 g/mol. The van der Waals surface area contributed by atoms with Gasteiger partial charge in [-0.15, -0.1) is 0 Å². The van der Waals surface area contributed by atoms with Crippen LogP contribution in [0.3, 0.4) is 0 Å². The van der Waals surface area contributed by atoms with Crippen LogP contribution in [0.15, 0.2) is 24.4 Å². The topological polar surface area (TPSA) is 77.2 Å². The molecule has 1 amide bonds. The number of nitrogens with zero attached hydrogens (tertiary/aromatic N) is 1. The number of hydrogen-bond donors (Lipinski definition) is 2. The van der Waals surface area contributed by atoms with Crippen molar-refractivity contribution in [1.82, 2.24) is 4.98 Å². The molecular weight excluding hydrogens is 242 g/mol. The first-order valence-corrected chi connectivity index (χ1v) is 6.55. The summed E-state index contributed by atoms with van der Waals surface area (Å²) in [6.07, 6.45) is 2.19. The van der Waals surface area contributed by atoms with Crippen molar-refractivity contribution in [3.8, 4) is 0 Å². The Balaban J connectivity index is 2.08. The minimum absolute atomic E-state index is 0.0250. The third-order valence-electron chi connectivity index (χ3n) is 4.14. The lowest BCUT2D eigenvalue weighted by molar-refractivity contribution is -0.166. The van der Waals surface area contributed by atoms with Gasteiger partial charge < -0.3 is 15.8 Å². The van der Waals surface area contributed by atoms with Gasteiger partial charge in [0.05, 0.1) is 6.10 Å². The van der Waals surface area contributed by atoms with E-state index in [2.05, 4.69) is 10.3 Å². The zero-order valence-electron chi connectivity index (χ0n) is 11.6. The molecule has 2 atom stereocenters. The van der Waals surface area contributed by atoms with Crippen LogP contribution in [0.2, 0.25) is 0 Å². The monoisotopic (exact) mass is 263 g/mol. The second-order valence-electron chi connectivity index (χ2n) is 5.51. The third kappa shape index (κ3) is 2.24. The number of aromatic nitrogens is 1. The first-order valence-electron chi connectivity index (χ1n) is 6.55. The van der Waals surface area contributed by atoms with Crippen molar-refractivity contribution in [2.45, 2.75) is 38.8 Å². The Bertz CT molecular complexity index is 461. The van der Waals surface area contributed by atoms with E-state index in [9.17, 15) is 4.79 Å². The third-order valence-corrected chi connectivity index (χ3v) is 4.14. The summed E-state index contributed by atoms with van der Waals surface area (Å²) in [7, 11) is 0. The predicted molar refractivity (Wildman–Crippen MR) is 73.6 cm³/mol. The fourth-order valence-electron chi connectivity index (χ4n) is 2.49. The van der Waals surface area contributed by atoms with E-state index in [1.165, 1.54) is 0 Å². The zero-order chi connectivity index (χ0) is 14.1. The maximum atomic E-state index is 12.4. The van der Waals surface area contributed by atoms with Crippen LogP contribution in [-0.4, -0.2) is 29.1 Å². The van der Waals surface area contributed by atoms with Gasteiger partial charge in [0.2, 0.25) is 5.91 Å². The summed E-state index contributed by atoms with van der Waals surface area (Å²) in [5.74, 6) is 0.320. The van der Waals surface area contributed by atoms with Crippen LogP contribution in [0.25, 0.3) is 0 Å². The Kier molecular flexibility index (Phi) is 3.60. The van der Waals surface area contributed by atoms with E-state index in [0.717, 1.165) is 0 Å². The lowest BCUT2D eigenvalue weighted by Gasteiger charge is -2.57. The van der Waals surface area contributed by atoms with E-state index in [-0.39, 0.29) is 17.4 Å². The van der Waals surface area contributed by atoms with Gasteiger partial charge in [-0.05, 0) is 19.1 Å². The number of carbonyl (C=O) groups excluding carboxylic acids is 1. The van der Waals surface area contributed by atoms with Gasteiger partial charge in [0.25, 0.3) is 0 Å². The lowest BCUT2D eigenvalue weighted by Crippen LogP contribution is -2.74. The molecule has 19 heavy (non-hydrogen) atoms. The lowest BCUT2D eigenvalue weighted by atomic mass is 9.54. The van der Waals surface area contributed by atoms with Gasteiger partial charge in [-0.3, -0.25) is 4.79 Å². The maximum Gasteiger partial charge on any atom is 0.246 e. The normalized spacial score (nSPS) is 28.5. The Labute approximate surface area is 113 Å². The van der Waals surface area contributed by atoms with E-state index >= 15 is 0 Å². The highest BCUT2D eigenvalue weighted by atomic mass is 16.5. The summed E-state index contributed by atoms with van der Waals surface area (Å²) < 4.78 is 5.61. The number of rotatable bonds is 4. The van der Waals surface area contributed by atoms with Crippen molar-refractivity contribution in [2.75, 3.05) is 11.9 Å². The Morgan fingerprint density at radius 2 is 2.32 bits per heavy atom. The smallest absolute Gasteiger partial charge is 0.246 e. The standard InChI is InChI=1S/C14H21N3O2/c1-4-19-10-9-14(15,13(10,2)3)12(18)17-11-7-5-6-8-16-11/h5-8,10H,4,9,15H2,1-3H3,(H,16,17,18). The largest absolute Gasteiger partial charge is 0.378 e. The molecule has 0 saturated heterocycles. The van der Waals surface area contributed by atoms with E-state index in [1.54, 1.807) is 18.3 Å². The second kappa shape index (κ2) is 4.90. The van der Waals surface area contributed by atoms with Crippen molar-refractivity contribution in [3.05, 3.63) is 24.4 Å². The van der Waals surface area contributed by atoms with Crippen LogP contribution < -0.4 is 11.1 Å². The molecule has 2 rings (SSSR count). The Morgan fingerprint density at radius 1 is 1.58 bits per heavy atom. The molecule has 0 aromatic carbocycles. The molecule has 1 aromatic rings. The van der Waals surface area contributed by atoms with Crippen LogP contribution in [-0.2, 0) is 9.53 Å². The molecule has 1 aromatic heterocycles. The van der Waals surface area contributed by atoms with Crippen molar-refractivity contribution in [1.29, 1.82) is 0 Å². The number of amides is 1. The van der Waals surface area contributed by atoms with Gasteiger partial charge in [-0.2, -0.15) is 0 Å². The fourth-order valence-corrected chi connectivity index (χ4v) is 2.49. The number of carbonyl (C=O) groups is 1. The Hall–Kier alpha value is -1.46. The van der Waals surface area contributed by atoms with E-state index in [0.29, 0.717) is 18.8 Å². The van der Waals surface area contributed by atoms with Gasteiger partial charge in [0, 0.05) is 24.6 Å². The highest BCUT2D eigenvalue weighted by molar-refractivity contribution is 5.99. The quantitative estimate of drug-likeness (QED) is 0.864. The minimum Gasteiger partial charge on any atom is -0.378 e. The van der Waals surface area contributed by atoms with Gasteiger partial charge in [0.15, 0.2) is 0 Å². The second-order valence-corrected chi connectivity index (χ2v) is 5.51. The minimum atomic E-state index is -0.912. The Morgan fingerprint density at radius 3 is 2.84 bits per heavy atom. The summed E-state index contributed by atoms with van der Waals surface area (Å²) >= 11 is 0. The molecule has 0 bridgehead atoms. The molecule has 1 aliphatic rings. The average Bonchev–Trinajstić information content (AvgIpc) is 2.39. The molecular formula is C14H21N3O2. The summed E-state index contributed by atoms with van der Waals surface area (Å²) in [6, 6.07) is 5.36. The van der Waals surface area contributed by atoms with Crippen molar-refractivity contribution < 1.29 is 9.53 Å². The number of nitrogens with two attached hydrogens (primary N) is 1. The molecule has 1 heterocycles.